The Labute approximate surface area is 153 Å². The van der Waals surface area contributed by atoms with Gasteiger partial charge in [-0.3, -0.25) is 9.48 Å². The second kappa shape index (κ2) is 6.82. The van der Waals surface area contributed by atoms with Gasteiger partial charge in [-0.1, -0.05) is 6.07 Å². The molecule has 7 nitrogen and oxygen atoms in total. The van der Waals surface area contributed by atoms with Crippen molar-refractivity contribution < 1.29 is 9.59 Å². The summed E-state index contributed by atoms with van der Waals surface area (Å²) in [5.41, 5.74) is 8.30. The molecule has 3 rings (SSSR count). The van der Waals surface area contributed by atoms with Gasteiger partial charge in [-0.15, -0.1) is 0 Å². The molecule has 0 radical (unpaired) electrons. The highest BCUT2D eigenvalue weighted by atomic mass is 16.2. The third kappa shape index (κ3) is 3.71. The van der Waals surface area contributed by atoms with Gasteiger partial charge < -0.3 is 16.4 Å². The minimum atomic E-state index is -0.658. The number of rotatable bonds is 3. The number of anilines is 1. The number of fused-ring (bicyclic) bond motifs is 1. The Morgan fingerprint density at radius 2 is 2.08 bits per heavy atom. The lowest BCUT2D eigenvalue weighted by Gasteiger charge is -2.28. The lowest BCUT2D eigenvalue weighted by atomic mass is 9.92. The lowest BCUT2D eigenvalue weighted by Crippen LogP contribution is -2.32. The van der Waals surface area contributed by atoms with Crippen molar-refractivity contribution in [3.63, 3.8) is 0 Å². The zero-order valence-corrected chi connectivity index (χ0v) is 15.4. The summed E-state index contributed by atoms with van der Waals surface area (Å²) in [6.45, 7) is 6.37. The van der Waals surface area contributed by atoms with E-state index in [0.717, 1.165) is 24.8 Å². The fraction of sp³-hybridized carbons (Fsp3) is 0.421. The Morgan fingerprint density at radius 1 is 1.31 bits per heavy atom. The van der Waals surface area contributed by atoms with Crippen LogP contribution in [-0.2, 0) is 12.0 Å². The Hall–Kier alpha value is -2.83. The van der Waals surface area contributed by atoms with E-state index in [2.05, 4.69) is 41.2 Å². The number of hydrogen-bond acceptors (Lipinski definition) is 3. The third-order valence-electron chi connectivity index (χ3n) is 4.52. The summed E-state index contributed by atoms with van der Waals surface area (Å²) in [6, 6.07) is 6.01. The van der Waals surface area contributed by atoms with Crippen LogP contribution >= 0.6 is 0 Å². The summed E-state index contributed by atoms with van der Waals surface area (Å²) in [6.07, 6.45) is 4.73. The van der Waals surface area contributed by atoms with Gasteiger partial charge in [0.25, 0.3) is 5.91 Å². The fourth-order valence-electron chi connectivity index (χ4n) is 3.41. The molecule has 1 heterocycles. The van der Waals surface area contributed by atoms with Crippen molar-refractivity contribution in [1.82, 2.24) is 15.1 Å². The van der Waals surface area contributed by atoms with E-state index in [1.54, 1.807) is 24.3 Å². The van der Waals surface area contributed by atoms with E-state index in [-0.39, 0.29) is 17.5 Å². The van der Waals surface area contributed by atoms with Crippen LogP contribution in [0.5, 0.6) is 0 Å². The highest BCUT2D eigenvalue weighted by molar-refractivity contribution is 5.96. The molecule has 4 N–H and O–H groups in total. The van der Waals surface area contributed by atoms with Crippen LogP contribution in [0.1, 0.15) is 61.3 Å². The van der Waals surface area contributed by atoms with E-state index in [1.165, 1.54) is 5.69 Å². The van der Waals surface area contributed by atoms with Gasteiger partial charge in [-0.25, -0.2) is 4.79 Å². The number of benzene rings is 1. The van der Waals surface area contributed by atoms with Crippen LogP contribution in [0.4, 0.5) is 10.5 Å². The van der Waals surface area contributed by atoms with Crippen LogP contribution in [0, 0.1) is 0 Å². The van der Waals surface area contributed by atoms with Gasteiger partial charge in [0, 0.05) is 22.5 Å². The molecule has 0 spiro atoms. The molecule has 1 atom stereocenters. The van der Waals surface area contributed by atoms with Crippen molar-refractivity contribution in [2.45, 2.75) is 51.6 Å². The second-order valence-electron chi connectivity index (χ2n) is 7.62. The molecular formula is C19H25N5O2. The van der Waals surface area contributed by atoms with E-state index >= 15 is 0 Å². The maximum atomic E-state index is 12.7. The van der Waals surface area contributed by atoms with Gasteiger partial charge in [0.05, 0.1) is 17.8 Å². The molecule has 0 bridgehead atoms. The number of nitrogens with zero attached hydrogens (tertiary/aromatic N) is 2. The van der Waals surface area contributed by atoms with Crippen molar-refractivity contribution in [1.29, 1.82) is 0 Å². The average molecular weight is 355 g/mol. The predicted molar refractivity (Wildman–Crippen MR) is 100 cm³/mol. The molecular weight excluding hydrogens is 330 g/mol. The molecule has 0 unspecified atom stereocenters. The molecule has 0 aliphatic heterocycles. The minimum Gasteiger partial charge on any atom is -0.351 e. The van der Waals surface area contributed by atoms with Crippen LogP contribution in [0.15, 0.2) is 30.5 Å². The summed E-state index contributed by atoms with van der Waals surface area (Å²) >= 11 is 0. The smallest absolute Gasteiger partial charge is 0.316 e. The van der Waals surface area contributed by atoms with Gasteiger partial charge in [0.2, 0.25) is 0 Å². The largest absolute Gasteiger partial charge is 0.351 e. The van der Waals surface area contributed by atoms with E-state index < -0.39 is 6.03 Å². The first-order valence-electron chi connectivity index (χ1n) is 8.80. The number of carbonyl (C=O) groups is 2. The zero-order valence-electron chi connectivity index (χ0n) is 15.4. The van der Waals surface area contributed by atoms with Gasteiger partial charge in [0.1, 0.15) is 0 Å². The molecule has 1 aromatic heterocycles. The molecule has 138 valence electrons. The van der Waals surface area contributed by atoms with Crippen molar-refractivity contribution in [2.75, 3.05) is 5.32 Å². The maximum absolute atomic E-state index is 12.7. The first-order chi connectivity index (χ1) is 12.3. The first kappa shape index (κ1) is 18.0. The molecule has 1 aliphatic rings. The van der Waals surface area contributed by atoms with Crippen LogP contribution in [0.3, 0.4) is 0 Å². The highest BCUT2D eigenvalue weighted by Crippen LogP contribution is 2.32. The summed E-state index contributed by atoms with van der Waals surface area (Å²) in [4.78, 5) is 23.7. The average Bonchev–Trinajstić information content (AvgIpc) is 3.00. The van der Waals surface area contributed by atoms with Crippen molar-refractivity contribution in [2.24, 2.45) is 5.73 Å². The quantitative estimate of drug-likeness (QED) is 0.789. The van der Waals surface area contributed by atoms with E-state index in [0.29, 0.717) is 11.3 Å². The number of carbonyl (C=O) groups excluding carboxylic acids is 2. The van der Waals surface area contributed by atoms with Crippen molar-refractivity contribution >= 4 is 17.6 Å². The summed E-state index contributed by atoms with van der Waals surface area (Å²) in [5, 5.41) is 10.1. The topological polar surface area (TPSA) is 102 Å². The number of aromatic nitrogens is 2. The molecule has 1 aromatic carbocycles. The van der Waals surface area contributed by atoms with E-state index in [1.807, 2.05) is 6.20 Å². The second-order valence-corrected chi connectivity index (χ2v) is 7.62. The van der Waals surface area contributed by atoms with Crippen LogP contribution in [0.2, 0.25) is 0 Å². The number of nitrogens with two attached hydrogens (primary N) is 1. The molecule has 1 aliphatic carbocycles. The monoisotopic (exact) mass is 355 g/mol. The van der Waals surface area contributed by atoms with E-state index in [9.17, 15) is 9.59 Å². The SMILES string of the molecule is CC(C)(C)n1ncc2c1CCC[C@H]2NC(=O)c1cccc(NC(N)=O)c1. The number of primary amides is 1. The Morgan fingerprint density at radius 3 is 2.77 bits per heavy atom. The summed E-state index contributed by atoms with van der Waals surface area (Å²) < 4.78 is 2.05. The highest BCUT2D eigenvalue weighted by Gasteiger charge is 2.29. The molecule has 2 aromatic rings. The van der Waals surface area contributed by atoms with Gasteiger partial charge in [-0.2, -0.15) is 5.10 Å². The molecule has 7 heteroatoms. The van der Waals surface area contributed by atoms with Crippen LogP contribution < -0.4 is 16.4 Å². The van der Waals surface area contributed by atoms with Crippen molar-refractivity contribution in [3.8, 4) is 0 Å². The Kier molecular flexibility index (Phi) is 4.71. The van der Waals surface area contributed by atoms with Crippen LogP contribution in [0.25, 0.3) is 0 Å². The molecule has 0 fully saturated rings. The summed E-state index contributed by atoms with van der Waals surface area (Å²) in [7, 11) is 0. The van der Waals surface area contributed by atoms with E-state index in [4.69, 9.17) is 5.73 Å². The zero-order chi connectivity index (χ0) is 18.9. The van der Waals surface area contributed by atoms with Gasteiger partial charge in [0.15, 0.2) is 0 Å². The van der Waals surface area contributed by atoms with Gasteiger partial charge >= 0.3 is 6.03 Å². The third-order valence-corrected chi connectivity index (χ3v) is 4.52. The number of hydrogen-bond donors (Lipinski definition) is 3. The first-order valence-corrected chi connectivity index (χ1v) is 8.80. The molecule has 0 saturated carbocycles. The standard InChI is InChI=1S/C19H25N5O2/c1-19(2,3)24-16-9-5-8-15(14(16)11-21-24)23-17(25)12-6-4-7-13(10-12)22-18(20)26/h4,6-7,10-11,15H,5,8-9H2,1-3H3,(H,23,25)(H3,20,22,26)/t15-/m1/s1. The predicted octanol–water partition coefficient (Wildman–Crippen LogP) is 2.94. The van der Waals surface area contributed by atoms with Crippen LogP contribution in [-0.4, -0.2) is 21.7 Å². The lowest BCUT2D eigenvalue weighted by molar-refractivity contribution is 0.0932. The molecule has 3 amide bonds. The fourth-order valence-corrected chi connectivity index (χ4v) is 3.41. The normalized spacial score (nSPS) is 16.7. The number of nitrogens with one attached hydrogen (secondary N) is 2. The van der Waals surface area contributed by atoms with Gasteiger partial charge in [-0.05, 0) is 58.2 Å². The number of urea groups is 1. The Bertz CT molecular complexity index is 835. The Balaban J connectivity index is 1.80. The molecule has 0 saturated heterocycles. The summed E-state index contributed by atoms with van der Waals surface area (Å²) in [5.74, 6) is -0.181. The number of amides is 3. The molecule has 26 heavy (non-hydrogen) atoms. The maximum Gasteiger partial charge on any atom is 0.316 e. The van der Waals surface area contributed by atoms with Crippen molar-refractivity contribution in [3.05, 3.63) is 47.3 Å². The minimum absolute atomic E-state index is 0.0601.